The third kappa shape index (κ3) is 8.24. The summed E-state index contributed by atoms with van der Waals surface area (Å²) in [7, 11) is 0. The first-order chi connectivity index (χ1) is 9.18. The predicted octanol–water partition coefficient (Wildman–Crippen LogP) is 5.95. The van der Waals surface area contributed by atoms with Crippen LogP contribution in [0.3, 0.4) is 0 Å². The second-order valence-corrected chi connectivity index (χ2v) is 7.01. The molecule has 0 aliphatic rings. The number of hydrogen-bond acceptors (Lipinski definition) is 1. The molecule has 0 heterocycles. The molecule has 0 aromatic rings. The topological polar surface area (TPSA) is 3.24 Å². The molecule has 0 amide bonds. The van der Waals surface area contributed by atoms with Crippen LogP contribution in [0.2, 0.25) is 0 Å². The minimum absolute atomic E-state index is 0.152. The SMILES string of the molecule is C=C(N(C/C=C(/C)CCC=C(C)C)CCC)C(C)(C)C. The van der Waals surface area contributed by atoms with Crippen molar-refractivity contribution in [2.45, 2.75) is 67.7 Å². The molecular weight excluding hydrogens is 242 g/mol. The van der Waals surface area contributed by atoms with Gasteiger partial charge in [-0.05, 0) is 40.0 Å². The molecule has 0 aromatic carbocycles. The highest BCUT2D eigenvalue weighted by molar-refractivity contribution is 5.09. The van der Waals surface area contributed by atoms with E-state index in [4.69, 9.17) is 0 Å². The summed E-state index contributed by atoms with van der Waals surface area (Å²) in [5.41, 5.74) is 4.28. The molecule has 0 unspecified atom stereocenters. The Morgan fingerprint density at radius 3 is 2.15 bits per heavy atom. The lowest BCUT2D eigenvalue weighted by Gasteiger charge is -2.34. The number of hydrogen-bond donors (Lipinski definition) is 0. The summed E-state index contributed by atoms with van der Waals surface area (Å²) in [6.07, 6.45) is 8.16. The van der Waals surface area contributed by atoms with Gasteiger partial charge in [-0.3, -0.25) is 0 Å². The zero-order chi connectivity index (χ0) is 15.8. The summed E-state index contributed by atoms with van der Waals surface area (Å²) in [5, 5.41) is 0. The summed E-state index contributed by atoms with van der Waals surface area (Å²) in [5.74, 6) is 0. The summed E-state index contributed by atoms with van der Waals surface area (Å²) >= 11 is 0. The quantitative estimate of drug-likeness (QED) is 0.495. The summed E-state index contributed by atoms with van der Waals surface area (Å²) in [6.45, 7) is 21.9. The first-order valence-corrected chi connectivity index (χ1v) is 7.91. The molecule has 0 N–H and O–H groups in total. The third-order valence-corrected chi connectivity index (χ3v) is 3.49. The predicted molar refractivity (Wildman–Crippen MR) is 92.9 cm³/mol. The molecule has 0 aromatic heterocycles. The number of nitrogens with zero attached hydrogens (tertiary/aromatic N) is 1. The molecular formula is C19H35N. The van der Waals surface area contributed by atoms with Gasteiger partial charge in [-0.25, -0.2) is 0 Å². The van der Waals surface area contributed by atoms with Gasteiger partial charge in [-0.15, -0.1) is 0 Å². The minimum atomic E-state index is 0.152. The molecule has 0 aliphatic heterocycles. The highest BCUT2D eigenvalue weighted by atomic mass is 15.1. The lowest BCUT2D eigenvalue weighted by molar-refractivity contribution is 0.290. The average molecular weight is 277 g/mol. The molecule has 20 heavy (non-hydrogen) atoms. The van der Waals surface area contributed by atoms with Crippen molar-refractivity contribution in [2.75, 3.05) is 13.1 Å². The van der Waals surface area contributed by atoms with E-state index >= 15 is 0 Å². The maximum absolute atomic E-state index is 4.30. The van der Waals surface area contributed by atoms with Crippen molar-refractivity contribution in [1.82, 2.24) is 4.90 Å². The summed E-state index contributed by atoms with van der Waals surface area (Å²) < 4.78 is 0. The highest BCUT2D eigenvalue weighted by Gasteiger charge is 2.19. The van der Waals surface area contributed by atoms with Crippen molar-refractivity contribution >= 4 is 0 Å². The normalized spacial score (nSPS) is 12.2. The Morgan fingerprint density at radius 2 is 1.70 bits per heavy atom. The molecule has 0 rings (SSSR count). The standard InChI is InChI=1S/C19H35N/c1-9-14-20(18(5)19(6,7)8)15-13-17(4)12-10-11-16(2)3/h11,13H,5,9-10,12,14-15H2,1-4,6-8H3/b17-13-. The zero-order valence-electron chi connectivity index (χ0n) is 14.8. The summed E-state index contributed by atoms with van der Waals surface area (Å²) in [4.78, 5) is 2.42. The van der Waals surface area contributed by atoms with Gasteiger partial charge in [0.15, 0.2) is 0 Å². The van der Waals surface area contributed by atoms with E-state index < -0.39 is 0 Å². The van der Waals surface area contributed by atoms with Crippen LogP contribution < -0.4 is 0 Å². The Bertz CT molecular complexity index is 348. The smallest absolute Gasteiger partial charge is 0.0359 e. The van der Waals surface area contributed by atoms with E-state index in [0.717, 1.165) is 25.9 Å². The minimum Gasteiger partial charge on any atom is -0.371 e. The van der Waals surface area contributed by atoms with Crippen LogP contribution in [-0.2, 0) is 0 Å². The van der Waals surface area contributed by atoms with Crippen LogP contribution in [0, 0.1) is 5.41 Å². The maximum atomic E-state index is 4.30. The fourth-order valence-corrected chi connectivity index (χ4v) is 2.04. The van der Waals surface area contributed by atoms with Gasteiger partial charge in [-0.2, -0.15) is 0 Å². The van der Waals surface area contributed by atoms with Gasteiger partial charge in [0.2, 0.25) is 0 Å². The van der Waals surface area contributed by atoms with Crippen LogP contribution in [0.1, 0.15) is 67.7 Å². The fourth-order valence-electron chi connectivity index (χ4n) is 2.04. The second kappa shape index (κ2) is 9.05. The Morgan fingerprint density at radius 1 is 1.10 bits per heavy atom. The van der Waals surface area contributed by atoms with Gasteiger partial charge in [0, 0.05) is 24.2 Å². The lowest BCUT2D eigenvalue weighted by Crippen LogP contribution is -2.30. The molecule has 0 fully saturated rings. The number of allylic oxidation sites excluding steroid dienone is 4. The van der Waals surface area contributed by atoms with Crippen LogP contribution in [-0.4, -0.2) is 18.0 Å². The van der Waals surface area contributed by atoms with Gasteiger partial charge in [0.1, 0.15) is 0 Å². The van der Waals surface area contributed by atoms with Crippen LogP contribution in [0.25, 0.3) is 0 Å². The van der Waals surface area contributed by atoms with Crippen molar-refractivity contribution in [2.24, 2.45) is 5.41 Å². The van der Waals surface area contributed by atoms with E-state index in [1.165, 1.54) is 23.3 Å². The van der Waals surface area contributed by atoms with Crippen LogP contribution in [0.5, 0.6) is 0 Å². The van der Waals surface area contributed by atoms with Gasteiger partial charge in [0.05, 0.1) is 0 Å². The maximum Gasteiger partial charge on any atom is 0.0359 e. The van der Waals surface area contributed by atoms with Gasteiger partial charge in [0.25, 0.3) is 0 Å². The molecule has 0 saturated carbocycles. The monoisotopic (exact) mass is 277 g/mol. The molecule has 0 atom stereocenters. The van der Waals surface area contributed by atoms with E-state index in [2.05, 4.69) is 72.1 Å². The average Bonchev–Trinajstić information content (AvgIpc) is 2.32. The molecule has 116 valence electrons. The van der Waals surface area contributed by atoms with Crippen molar-refractivity contribution in [1.29, 1.82) is 0 Å². The molecule has 0 saturated heterocycles. The van der Waals surface area contributed by atoms with E-state index in [9.17, 15) is 0 Å². The second-order valence-electron chi connectivity index (χ2n) is 7.01. The van der Waals surface area contributed by atoms with Crippen LogP contribution in [0.15, 0.2) is 35.6 Å². The Kier molecular flexibility index (Phi) is 8.60. The Hall–Kier alpha value is -0.980. The van der Waals surface area contributed by atoms with Gasteiger partial charge < -0.3 is 4.90 Å². The highest BCUT2D eigenvalue weighted by Crippen LogP contribution is 2.27. The molecule has 1 nitrogen and oxygen atoms in total. The van der Waals surface area contributed by atoms with Crippen molar-refractivity contribution in [3.63, 3.8) is 0 Å². The van der Waals surface area contributed by atoms with Gasteiger partial charge >= 0.3 is 0 Å². The molecule has 0 bridgehead atoms. The van der Waals surface area contributed by atoms with E-state index in [-0.39, 0.29) is 5.41 Å². The summed E-state index contributed by atoms with van der Waals surface area (Å²) in [6, 6.07) is 0. The molecule has 0 radical (unpaired) electrons. The lowest BCUT2D eigenvalue weighted by atomic mass is 9.91. The largest absolute Gasteiger partial charge is 0.371 e. The third-order valence-electron chi connectivity index (χ3n) is 3.49. The molecule has 1 heteroatoms. The first-order valence-electron chi connectivity index (χ1n) is 7.91. The van der Waals surface area contributed by atoms with E-state index in [0.29, 0.717) is 0 Å². The molecule has 0 aliphatic carbocycles. The van der Waals surface area contributed by atoms with Crippen LogP contribution >= 0.6 is 0 Å². The Labute approximate surface area is 127 Å². The number of rotatable bonds is 8. The Balaban J connectivity index is 4.53. The first kappa shape index (κ1) is 19.0. The van der Waals surface area contributed by atoms with E-state index in [1.807, 2.05) is 0 Å². The van der Waals surface area contributed by atoms with Gasteiger partial charge in [-0.1, -0.05) is 57.6 Å². The van der Waals surface area contributed by atoms with Crippen molar-refractivity contribution in [3.8, 4) is 0 Å². The van der Waals surface area contributed by atoms with Crippen molar-refractivity contribution < 1.29 is 0 Å². The fraction of sp³-hybridized carbons (Fsp3) is 0.684. The van der Waals surface area contributed by atoms with Crippen molar-refractivity contribution in [3.05, 3.63) is 35.6 Å². The van der Waals surface area contributed by atoms with Crippen LogP contribution in [0.4, 0.5) is 0 Å². The van der Waals surface area contributed by atoms with E-state index in [1.54, 1.807) is 0 Å². The zero-order valence-corrected chi connectivity index (χ0v) is 14.8. The molecule has 0 spiro atoms.